The second-order valence-electron chi connectivity index (χ2n) is 9.85. The predicted octanol–water partition coefficient (Wildman–Crippen LogP) is 4.34. The number of hydrogen-bond donors (Lipinski definition) is 3. The Morgan fingerprint density at radius 3 is 2.46 bits per heavy atom. The number of aliphatic hydroxyl groups is 1. The fourth-order valence-electron chi connectivity index (χ4n) is 4.22. The summed E-state index contributed by atoms with van der Waals surface area (Å²) in [4.78, 5) is 12.5. The second-order valence-corrected chi connectivity index (χ2v) is 9.85. The Hall–Kier alpha value is -1.83. The van der Waals surface area contributed by atoms with E-state index in [0.717, 1.165) is 49.8 Å². The first-order valence-corrected chi connectivity index (χ1v) is 13.3. The number of methoxy groups -OCH3 is 2. The van der Waals surface area contributed by atoms with E-state index < -0.39 is 12.1 Å². The number of benzene rings is 1. The highest BCUT2D eigenvalue weighted by atomic mass is 16.5. The number of rotatable bonds is 19. The van der Waals surface area contributed by atoms with Gasteiger partial charge < -0.3 is 30.4 Å². The van der Waals surface area contributed by atoms with E-state index in [1.807, 2.05) is 19.1 Å². The van der Waals surface area contributed by atoms with Crippen molar-refractivity contribution in [3.05, 3.63) is 23.8 Å². The second kappa shape index (κ2) is 17.6. The van der Waals surface area contributed by atoms with Crippen molar-refractivity contribution in [2.24, 2.45) is 23.5 Å². The van der Waals surface area contributed by atoms with Crippen LogP contribution in [-0.2, 0) is 16.0 Å². The number of ether oxygens (including phenoxy) is 3. The van der Waals surface area contributed by atoms with E-state index in [1.165, 1.54) is 0 Å². The highest BCUT2D eigenvalue weighted by molar-refractivity contribution is 5.78. The van der Waals surface area contributed by atoms with E-state index in [9.17, 15) is 9.90 Å². The zero-order chi connectivity index (χ0) is 26.2. The number of unbranched alkanes of at least 4 members (excludes halogenated alkanes) is 1. The van der Waals surface area contributed by atoms with Crippen molar-refractivity contribution >= 4 is 5.91 Å². The average Bonchev–Trinajstić information content (AvgIpc) is 2.85. The van der Waals surface area contributed by atoms with Gasteiger partial charge in [-0.05, 0) is 55.2 Å². The number of nitrogens with two attached hydrogens (primary N) is 1. The third kappa shape index (κ3) is 11.6. The minimum absolute atomic E-state index is 0.00257. The summed E-state index contributed by atoms with van der Waals surface area (Å²) >= 11 is 0. The monoisotopic (exact) mass is 494 g/mol. The summed E-state index contributed by atoms with van der Waals surface area (Å²) in [6.45, 7) is 9.91. The van der Waals surface area contributed by atoms with E-state index in [1.54, 1.807) is 14.2 Å². The molecule has 0 bridgehead atoms. The molecule has 4 N–H and O–H groups in total. The molecule has 1 unspecified atom stereocenters. The van der Waals surface area contributed by atoms with Crippen molar-refractivity contribution in [1.29, 1.82) is 0 Å². The molecule has 1 rings (SSSR count). The van der Waals surface area contributed by atoms with Crippen molar-refractivity contribution < 1.29 is 24.1 Å². The van der Waals surface area contributed by atoms with Gasteiger partial charge in [0.15, 0.2) is 11.5 Å². The highest BCUT2D eigenvalue weighted by Gasteiger charge is 2.24. The number of amides is 1. The van der Waals surface area contributed by atoms with Gasteiger partial charge >= 0.3 is 0 Å². The maximum absolute atomic E-state index is 12.5. The molecule has 7 nitrogen and oxygen atoms in total. The number of nitrogens with one attached hydrogen (secondary N) is 1. The summed E-state index contributed by atoms with van der Waals surface area (Å²) < 4.78 is 16.5. The topological polar surface area (TPSA) is 103 Å². The molecule has 35 heavy (non-hydrogen) atoms. The third-order valence-corrected chi connectivity index (χ3v) is 6.74. The summed E-state index contributed by atoms with van der Waals surface area (Å²) in [5.41, 5.74) is 7.54. The smallest absolute Gasteiger partial charge is 0.223 e. The molecule has 0 saturated heterocycles. The molecule has 0 aliphatic carbocycles. The van der Waals surface area contributed by atoms with E-state index in [0.29, 0.717) is 31.3 Å². The molecule has 7 heteroatoms. The molecule has 0 heterocycles. The fourth-order valence-corrected chi connectivity index (χ4v) is 4.22. The van der Waals surface area contributed by atoms with Gasteiger partial charge in [0.2, 0.25) is 5.91 Å². The zero-order valence-corrected chi connectivity index (χ0v) is 22.8. The van der Waals surface area contributed by atoms with E-state index in [-0.39, 0.29) is 24.3 Å². The van der Waals surface area contributed by atoms with Crippen LogP contribution in [-0.4, -0.2) is 57.1 Å². The van der Waals surface area contributed by atoms with Crippen molar-refractivity contribution in [2.75, 3.05) is 34.0 Å². The maximum atomic E-state index is 12.5. The quantitative estimate of drug-likeness (QED) is 0.247. The van der Waals surface area contributed by atoms with E-state index in [4.69, 9.17) is 19.9 Å². The Morgan fingerprint density at radius 1 is 1.11 bits per heavy atom. The molecule has 0 radical (unpaired) electrons. The summed E-state index contributed by atoms with van der Waals surface area (Å²) in [6, 6.07) is 5.61. The molecule has 0 saturated carbocycles. The van der Waals surface area contributed by atoms with Gasteiger partial charge in [0, 0.05) is 38.6 Å². The predicted molar refractivity (Wildman–Crippen MR) is 142 cm³/mol. The molecule has 1 aromatic rings. The Balaban J connectivity index is 2.71. The van der Waals surface area contributed by atoms with Crippen LogP contribution >= 0.6 is 0 Å². The molecule has 0 aliphatic heterocycles. The lowest BCUT2D eigenvalue weighted by Crippen LogP contribution is -2.46. The van der Waals surface area contributed by atoms with Gasteiger partial charge in [-0.2, -0.15) is 0 Å². The molecule has 1 aromatic carbocycles. The molecule has 4 atom stereocenters. The van der Waals surface area contributed by atoms with Crippen LogP contribution in [0, 0.1) is 17.8 Å². The number of carbonyl (C=O) groups is 1. The van der Waals surface area contributed by atoms with Crippen molar-refractivity contribution in [2.45, 2.75) is 84.8 Å². The van der Waals surface area contributed by atoms with E-state index in [2.05, 4.69) is 32.2 Å². The Kier molecular flexibility index (Phi) is 15.7. The lowest BCUT2D eigenvalue weighted by atomic mass is 9.83. The summed E-state index contributed by atoms with van der Waals surface area (Å²) in [5.74, 6) is 2.11. The third-order valence-electron chi connectivity index (χ3n) is 6.74. The minimum Gasteiger partial charge on any atom is -0.493 e. The van der Waals surface area contributed by atoms with Crippen molar-refractivity contribution in [3.8, 4) is 11.5 Å². The van der Waals surface area contributed by atoms with Crippen LogP contribution in [0.2, 0.25) is 0 Å². The number of hydrogen-bond acceptors (Lipinski definition) is 6. The van der Waals surface area contributed by atoms with Gasteiger partial charge in [-0.3, -0.25) is 4.79 Å². The first-order valence-electron chi connectivity index (χ1n) is 13.3. The van der Waals surface area contributed by atoms with Gasteiger partial charge in [0.05, 0.1) is 19.8 Å². The lowest BCUT2D eigenvalue weighted by molar-refractivity contribution is -0.125. The zero-order valence-electron chi connectivity index (χ0n) is 22.8. The van der Waals surface area contributed by atoms with Crippen LogP contribution in [0.1, 0.15) is 71.8 Å². The molecular weight excluding hydrogens is 444 g/mol. The van der Waals surface area contributed by atoms with Crippen molar-refractivity contribution in [1.82, 2.24) is 5.32 Å². The first-order chi connectivity index (χ1) is 16.8. The van der Waals surface area contributed by atoms with Crippen LogP contribution in [0.3, 0.4) is 0 Å². The SMILES string of the molecule is CCCCC(CC)C(=O)NC[C@H](O)[C@@H](N)C[C@H](Cc1ccc(OC)c(OCCCOC)c1)C(C)C. The highest BCUT2D eigenvalue weighted by Crippen LogP contribution is 2.31. The first kappa shape index (κ1) is 31.2. The van der Waals surface area contributed by atoms with E-state index >= 15 is 0 Å². The summed E-state index contributed by atoms with van der Waals surface area (Å²) in [7, 11) is 3.32. The van der Waals surface area contributed by atoms with Crippen LogP contribution < -0.4 is 20.5 Å². The molecule has 202 valence electrons. The minimum atomic E-state index is -0.778. The largest absolute Gasteiger partial charge is 0.493 e. The van der Waals surface area contributed by atoms with Crippen LogP contribution in [0.15, 0.2) is 18.2 Å². The maximum Gasteiger partial charge on any atom is 0.223 e. The number of carbonyl (C=O) groups excluding carboxylic acids is 1. The van der Waals surface area contributed by atoms with Crippen LogP contribution in [0.25, 0.3) is 0 Å². The lowest BCUT2D eigenvalue weighted by Gasteiger charge is -2.28. The number of aliphatic hydroxyl groups excluding tert-OH is 1. The summed E-state index contributed by atoms with van der Waals surface area (Å²) in [6.07, 6.45) is 5.31. The molecule has 0 aliphatic rings. The van der Waals surface area contributed by atoms with Gasteiger partial charge in [-0.25, -0.2) is 0 Å². The van der Waals surface area contributed by atoms with Crippen LogP contribution in [0.5, 0.6) is 11.5 Å². The molecule has 0 spiro atoms. The van der Waals surface area contributed by atoms with Gasteiger partial charge in [-0.1, -0.05) is 46.6 Å². The normalized spacial score (nSPS) is 14.9. The fraction of sp³-hybridized carbons (Fsp3) is 0.750. The average molecular weight is 495 g/mol. The summed E-state index contributed by atoms with van der Waals surface area (Å²) in [5, 5.41) is 13.6. The van der Waals surface area contributed by atoms with Crippen LogP contribution in [0.4, 0.5) is 0 Å². The molecule has 0 aromatic heterocycles. The Bertz CT molecular complexity index is 713. The van der Waals surface area contributed by atoms with Gasteiger partial charge in [-0.15, -0.1) is 0 Å². The molecular formula is C28H50N2O5. The standard InChI is InChI=1S/C28H50N2O5/c1-7-9-11-22(8-2)28(32)30-19-25(31)24(29)18-23(20(3)4)16-21-12-13-26(34-6)27(17-21)35-15-10-14-33-5/h12-13,17,20,22-25,31H,7-11,14-16,18-19,29H2,1-6H3,(H,30,32)/t22?,23-,24-,25-/m0/s1. The van der Waals surface area contributed by atoms with Gasteiger partial charge in [0.25, 0.3) is 0 Å². The van der Waals surface area contributed by atoms with Crippen molar-refractivity contribution in [3.63, 3.8) is 0 Å². The Labute approximate surface area is 213 Å². The molecule has 0 fully saturated rings. The molecule has 1 amide bonds. The Morgan fingerprint density at radius 2 is 1.86 bits per heavy atom. The van der Waals surface area contributed by atoms with Gasteiger partial charge in [0.1, 0.15) is 0 Å².